The minimum atomic E-state index is -1.24. The van der Waals surface area contributed by atoms with E-state index in [9.17, 15) is 18.7 Å². The number of benzene rings is 1. The smallest absolute Gasteiger partial charge is 0.408 e. The number of rotatable bonds is 4. The van der Waals surface area contributed by atoms with Gasteiger partial charge in [0.25, 0.3) is 0 Å². The summed E-state index contributed by atoms with van der Waals surface area (Å²) >= 11 is 2.99. The summed E-state index contributed by atoms with van der Waals surface area (Å²) in [6, 6.07) is 1.98. The molecule has 0 radical (unpaired) electrons. The van der Waals surface area contributed by atoms with Crippen LogP contribution in [0.4, 0.5) is 13.6 Å². The number of hydrogen-bond acceptors (Lipinski definition) is 3. The topological polar surface area (TPSA) is 58.6 Å². The molecule has 0 fully saturated rings. The molecule has 1 atom stereocenters. The van der Waals surface area contributed by atoms with Crippen molar-refractivity contribution >= 4 is 22.0 Å². The van der Waals surface area contributed by atoms with Gasteiger partial charge in [0.15, 0.2) is 0 Å². The Morgan fingerprint density at radius 3 is 2.36 bits per heavy atom. The lowest BCUT2D eigenvalue weighted by molar-refractivity contribution is 0.0443. The molecule has 1 unspecified atom stereocenters. The average Bonchev–Trinajstić information content (AvgIpc) is 2.31. The van der Waals surface area contributed by atoms with Crippen LogP contribution in [0.5, 0.6) is 0 Å². The third-order valence-electron chi connectivity index (χ3n) is 2.99. The van der Waals surface area contributed by atoms with Gasteiger partial charge in [0, 0.05) is 18.2 Å². The van der Waals surface area contributed by atoms with Crippen molar-refractivity contribution in [2.45, 2.75) is 45.3 Å². The quantitative estimate of drug-likeness (QED) is 0.781. The Morgan fingerprint density at radius 1 is 1.27 bits per heavy atom. The van der Waals surface area contributed by atoms with Crippen molar-refractivity contribution in [3.05, 3.63) is 33.8 Å². The number of carbonyl (C=O) groups is 1. The number of aliphatic hydroxyl groups excluding tert-OH is 1. The molecule has 1 aromatic carbocycles. The van der Waals surface area contributed by atoms with E-state index in [1.54, 1.807) is 20.8 Å². The molecule has 0 bridgehead atoms. The van der Waals surface area contributed by atoms with E-state index in [1.165, 1.54) is 13.0 Å². The summed E-state index contributed by atoms with van der Waals surface area (Å²) in [5.41, 5.74) is -1.90. The van der Waals surface area contributed by atoms with Crippen LogP contribution in [0.2, 0.25) is 0 Å². The van der Waals surface area contributed by atoms with Gasteiger partial charge in [-0.25, -0.2) is 13.6 Å². The summed E-state index contributed by atoms with van der Waals surface area (Å²) in [4.78, 5) is 12.0. The summed E-state index contributed by atoms with van der Waals surface area (Å²) in [6.07, 6.45) is -0.704. The highest BCUT2D eigenvalue weighted by molar-refractivity contribution is 9.10. The summed E-state index contributed by atoms with van der Waals surface area (Å²) in [7, 11) is 0. The van der Waals surface area contributed by atoms with Gasteiger partial charge in [-0.05, 0) is 56.1 Å². The van der Waals surface area contributed by atoms with Gasteiger partial charge >= 0.3 is 6.09 Å². The largest absolute Gasteiger partial charge is 0.444 e. The van der Waals surface area contributed by atoms with Crippen LogP contribution in [0.3, 0.4) is 0 Å². The number of halogens is 3. The van der Waals surface area contributed by atoms with Crippen molar-refractivity contribution < 1.29 is 23.4 Å². The molecule has 7 heteroatoms. The fraction of sp³-hybridized carbons (Fsp3) is 0.533. The van der Waals surface area contributed by atoms with Crippen molar-refractivity contribution in [3.63, 3.8) is 0 Å². The number of ether oxygens (including phenoxy) is 1. The number of hydrogen-bond donors (Lipinski definition) is 2. The number of aliphatic hydroxyl groups is 1. The Morgan fingerprint density at radius 2 is 1.86 bits per heavy atom. The first-order valence-electron chi connectivity index (χ1n) is 6.75. The predicted molar refractivity (Wildman–Crippen MR) is 82.5 cm³/mol. The standard InChI is InChI=1S/C15H20BrF2NO3/c1-14(2,3)22-13(21)19-15(4,5-6-20)9-7-10(16)12(18)8-11(9)17/h7-8,20H,5-6H2,1-4H3,(H,19,21). The first-order valence-corrected chi connectivity index (χ1v) is 7.55. The highest BCUT2D eigenvalue weighted by Gasteiger charge is 2.33. The molecule has 124 valence electrons. The molecule has 0 heterocycles. The van der Waals surface area contributed by atoms with E-state index >= 15 is 0 Å². The van der Waals surface area contributed by atoms with Gasteiger partial charge < -0.3 is 15.2 Å². The van der Waals surface area contributed by atoms with Crippen LogP contribution in [0.1, 0.15) is 39.7 Å². The first-order chi connectivity index (χ1) is 9.98. The molecule has 22 heavy (non-hydrogen) atoms. The Hall–Kier alpha value is -1.21. The van der Waals surface area contributed by atoms with E-state index in [4.69, 9.17) is 4.74 Å². The lowest BCUT2D eigenvalue weighted by Gasteiger charge is -2.32. The van der Waals surface area contributed by atoms with Crippen LogP contribution >= 0.6 is 15.9 Å². The van der Waals surface area contributed by atoms with Gasteiger partial charge in [-0.2, -0.15) is 0 Å². The Labute approximate surface area is 137 Å². The minimum Gasteiger partial charge on any atom is -0.444 e. The second-order valence-corrected chi connectivity index (χ2v) is 7.03. The lowest BCUT2D eigenvalue weighted by atomic mass is 9.88. The molecule has 0 saturated carbocycles. The summed E-state index contributed by atoms with van der Waals surface area (Å²) < 4.78 is 32.7. The van der Waals surface area contributed by atoms with Crippen LogP contribution in [0.25, 0.3) is 0 Å². The molecule has 4 nitrogen and oxygen atoms in total. The molecule has 0 aliphatic carbocycles. The molecular formula is C15H20BrF2NO3. The summed E-state index contributed by atoms with van der Waals surface area (Å²) in [5, 5.41) is 11.8. The number of carbonyl (C=O) groups excluding carboxylic acids is 1. The predicted octanol–water partition coefficient (Wildman–Crippen LogP) is 3.85. The fourth-order valence-corrected chi connectivity index (χ4v) is 2.31. The van der Waals surface area contributed by atoms with E-state index in [0.717, 1.165) is 6.07 Å². The van der Waals surface area contributed by atoms with Gasteiger partial charge in [-0.1, -0.05) is 0 Å². The van der Waals surface area contributed by atoms with Crippen LogP contribution in [0, 0.1) is 11.6 Å². The van der Waals surface area contributed by atoms with Crippen LogP contribution in [-0.4, -0.2) is 23.4 Å². The van der Waals surface area contributed by atoms with E-state index in [1.807, 2.05) is 0 Å². The normalized spacial score (nSPS) is 14.4. The maximum Gasteiger partial charge on any atom is 0.408 e. The van der Waals surface area contributed by atoms with E-state index < -0.39 is 28.9 Å². The lowest BCUT2D eigenvalue weighted by Crippen LogP contribution is -2.47. The van der Waals surface area contributed by atoms with Crippen molar-refractivity contribution in [3.8, 4) is 0 Å². The Balaban J connectivity index is 3.15. The fourth-order valence-electron chi connectivity index (χ4n) is 1.96. The third kappa shape index (κ3) is 4.91. The average molecular weight is 380 g/mol. The number of amides is 1. The SMILES string of the molecule is CC(C)(C)OC(=O)NC(C)(CCO)c1cc(Br)c(F)cc1F. The molecule has 1 amide bonds. The van der Waals surface area contributed by atoms with Crippen molar-refractivity contribution in [2.75, 3.05) is 6.61 Å². The van der Waals surface area contributed by atoms with Gasteiger partial charge in [0.05, 0.1) is 10.0 Å². The molecule has 1 rings (SSSR count). The van der Waals surface area contributed by atoms with Crippen LogP contribution in [-0.2, 0) is 10.3 Å². The molecule has 0 spiro atoms. The number of alkyl carbamates (subject to hydrolysis) is 1. The highest BCUT2D eigenvalue weighted by Crippen LogP contribution is 2.31. The number of nitrogens with one attached hydrogen (secondary N) is 1. The van der Waals surface area contributed by atoms with E-state index in [0.29, 0.717) is 0 Å². The van der Waals surface area contributed by atoms with Gasteiger partial charge in [-0.15, -0.1) is 0 Å². The highest BCUT2D eigenvalue weighted by atomic mass is 79.9. The van der Waals surface area contributed by atoms with Gasteiger partial charge in [-0.3, -0.25) is 0 Å². The molecule has 0 aliphatic heterocycles. The zero-order valence-corrected chi connectivity index (χ0v) is 14.6. The van der Waals surface area contributed by atoms with Crippen LogP contribution in [0.15, 0.2) is 16.6 Å². The van der Waals surface area contributed by atoms with Gasteiger partial charge in [0.2, 0.25) is 0 Å². The van der Waals surface area contributed by atoms with Crippen molar-refractivity contribution in [2.24, 2.45) is 0 Å². The second kappa shape index (κ2) is 6.91. The van der Waals surface area contributed by atoms with E-state index in [2.05, 4.69) is 21.2 Å². The molecular weight excluding hydrogens is 360 g/mol. The Bertz CT molecular complexity index is 560. The zero-order valence-electron chi connectivity index (χ0n) is 13.0. The molecule has 0 aromatic heterocycles. The first kappa shape index (κ1) is 18.8. The van der Waals surface area contributed by atoms with Crippen LogP contribution < -0.4 is 5.32 Å². The molecule has 2 N–H and O–H groups in total. The van der Waals surface area contributed by atoms with Gasteiger partial charge in [0.1, 0.15) is 17.2 Å². The Kier molecular flexibility index (Phi) is 5.92. The zero-order chi connectivity index (χ0) is 17.1. The molecule has 0 saturated heterocycles. The van der Waals surface area contributed by atoms with Crippen molar-refractivity contribution in [1.29, 1.82) is 0 Å². The summed E-state index contributed by atoms with van der Waals surface area (Å²) in [5.74, 6) is -1.56. The molecule has 0 aliphatic rings. The minimum absolute atomic E-state index is 0.0429. The van der Waals surface area contributed by atoms with E-state index in [-0.39, 0.29) is 23.1 Å². The maximum absolute atomic E-state index is 14.1. The summed E-state index contributed by atoms with van der Waals surface area (Å²) in [6.45, 7) is 6.34. The second-order valence-electron chi connectivity index (χ2n) is 6.18. The monoisotopic (exact) mass is 379 g/mol. The maximum atomic E-state index is 14.1. The van der Waals surface area contributed by atoms with Crippen molar-refractivity contribution in [1.82, 2.24) is 5.32 Å². The molecule has 1 aromatic rings. The third-order valence-corrected chi connectivity index (χ3v) is 3.60.